The van der Waals surface area contributed by atoms with Crippen LogP contribution in [0.15, 0.2) is 57.0 Å². The van der Waals surface area contributed by atoms with Gasteiger partial charge in [0.25, 0.3) is 5.56 Å². The molecule has 2 N–H and O–H groups in total. The van der Waals surface area contributed by atoms with Crippen molar-refractivity contribution in [3.8, 4) is 11.5 Å². The molecule has 0 spiro atoms. The fraction of sp³-hybridized carbons (Fsp3) is 0.381. The van der Waals surface area contributed by atoms with Crippen molar-refractivity contribution in [3.05, 3.63) is 58.8 Å². The Balaban J connectivity index is 1.20. The molecule has 30 heavy (non-hydrogen) atoms. The minimum atomic E-state index is -0.189. The maximum absolute atomic E-state index is 12.2. The van der Waals surface area contributed by atoms with Crippen molar-refractivity contribution in [3.63, 3.8) is 0 Å². The number of rotatable bonds is 7. The van der Waals surface area contributed by atoms with Crippen LogP contribution in [0.3, 0.4) is 0 Å². The minimum Gasteiger partial charge on any atom is -0.420 e. The van der Waals surface area contributed by atoms with E-state index < -0.39 is 0 Å². The van der Waals surface area contributed by atoms with Crippen LogP contribution in [0.2, 0.25) is 0 Å². The van der Waals surface area contributed by atoms with Gasteiger partial charge in [0, 0.05) is 42.0 Å². The Bertz CT molecular complexity index is 1030. The minimum absolute atomic E-state index is 0.0217. The van der Waals surface area contributed by atoms with Crippen molar-refractivity contribution in [2.75, 3.05) is 5.75 Å². The number of aromatic nitrogens is 4. The van der Waals surface area contributed by atoms with Gasteiger partial charge in [-0.1, -0.05) is 30.0 Å². The first-order valence-corrected chi connectivity index (χ1v) is 11.0. The van der Waals surface area contributed by atoms with Gasteiger partial charge in [0.2, 0.25) is 17.7 Å². The molecule has 156 valence electrons. The lowest BCUT2D eigenvalue weighted by molar-refractivity contribution is -0.121. The number of carbonyl (C=O) groups excluding carboxylic acids is 1. The molecule has 1 amide bonds. The second-order valence-corrected chi connectivity index (χ2v) is 8.35. The molecule has 9 heteroatoms. The van der Waals surface area contributed by atoms with Gasteiger partial charge >= 0.3 is 0 Å². The number of nitrogens with zero attached hydrogens (tertiary/aromatic N) is 3. The highest BCUT2D eigenvalue weighted by atomic mass is 32.2. The van der Waals surface area contributed by atoms with E-state index in [0.29, 0.717) is 29.1 Å². The maximum atomic E-state index is 12.2. The molecule has 4 rings (SSSR count). The number of nitrogens with one attached hydrogen (secondary N) is 2. The molecule has 1 saturated carbocycles. The fourth-order valence-corrected chi connectivity index (χ4v) is 4.34. The quantitative estimate of drug-likeness (QED) is 0.441. The molecule has 0 aliphatic heterocycles. The van der Waals surface area contributed by atoms with E-state index in [0.717, 1.165) is 31.2 Å². The summed E-state index contributed by atoms with van der Waals surface area (Å²) in [5.41, 5.74) is 0.732. The summed E-state index contributed by atoms with van der Waals surface area (Å²) in [6.07, 6.45) is 5.44. The highest BCUT2D eigenvalue weighted by Gasteiger charge is 2.27. The third-order valence-corrected chi connectivity index (χ3v) is 6.01. The first-order chi connectivity index (χ1) is 14.7. The van der Waals surface area contributed by atoms with Crippen LogP contribution in [0.1, 0.15) is 43.9 Å². The van der Waals surface area contributed by atoms with Crippen molar-refractivity contribution < 1.29 is 9.21 Å². The molecule has 0 saturated heterocycles. The van der Waals surface area contributed by atoms with Crippen molar-refractivity contribution >= 4 is 17.7 Å². The van der Waals surface area contributed by atoms with Crippen LogP contribution in [0, 0.1) is 0 Å². The summed E-state index contributed by atoms with van der Waals surface area (Å²) in [6.45, 7) is 0. The summed E-state index contributed by atoms with van der Waals surface area (Å²) in [5.74, 6) is 2.05. The Labute approximate surface area is 177 Å². The molecule has 1 aromatic carbocycles. The number of H-pyrrole nitrogens is 1. The standard InChI is InChI=1S/C21H23N5O3S/c27-17-10-12-22-21(24-17)30-13-11-18(28)23-16-8-6-15(7-9-16)20-26-25-19(29-20)14-4-2-1-3-5-14/h1-5,10,12,15-16H,6-9,11,13H2,(H,23,28)(H,22,24,27). The van der Waals surface area contributed by atoms with E-state index in [-0.39, 0.29) is 23.4 Å². The summed E-state index contributed by atoms with van der Waals surface area (Å²) in [7, 11) is 0. The third kappa shape index (κ3) is 5.35. The molecule has 2 aromatic heterocycles. The van der Waals surface area contributed by atoms with Crippen LogP contribution >= 0.6 is 11.8 Å². The average Bonchev–Trinajstić information content (AvgIpc) is 3.25. The van der Waals surface area contributed by atoms with Crippen LogP contribution < -0.4 is 10.9 Å². The lowest BCUT2D eigenvalue weighted by atomic mass is 9.86. The van der Waals surface area contributed by atoms with Crippen molar-refractivity contribution in [1.82, 2.24) is 25.5 Å². The molecule has 1 aliphatic rings. The first kappa shape index (κ1) is 20.3. The molecule has 8 nitrogen and oxygen atoms in total. The second kappa shape index (κ2) is 9.71. The summed E-state index contributed by atoms with van der Waals surface area (Å²) >= 11 is 1.37. The molecule has 3 aromatic rings. The zero-order chi connectivity index (χ0) is 20.8. The highest BCUT2D eigenvalue weighted by Crippen LogP contribution is 2.33. The van der Waals surface area contributed by atoms with Crippen LogP contribution in [0.4, 0.5) is 0 Å². The SMILES string of the molecule is O=C(CCSc1nccc(=O)[nH]1)NC1CCC(c2nnc(-c3ccccc3)o2)CC1. The Morgan fingerprint density at radius 1 is 1.13 bits per heavy atom. The number of benzene rings is 1. The lowest BCUT2D eigenvalue weighted by Crippen LogP contribution is -2.37. The van der Waals surface area contributed by atoms with Crippen LogP contribution in [-0.4, -0.2) is 37.9 Å². The molecule has 1 fully saturated rings. The highest BCUT2D eigenvalue weighted by molar-refractivity contribution is 7.99. The van der Waals surface area contributed by atoms with E-state index in [1.54, 1.807) is 0 Å². The summed E-state index contributed by atoms with van der Waals surface area (Å²) in [6, 6.07) is 11.3. The number of carbonyl (C=O) groups is 1. The molecular weight excluding hydrogens is 402 g/mol. The largest absolute Gasteiger partial charge is 0.420 e. The molecule has 0 bridgehead atoms. The summed E-state index contributed by atoms with van der Waals surface area (Å²) in [4.78, 5) is 30.2. The van der Waals surface area contributed by atoms with E-state index in [1.165, 1.54) is 24.0 Å². The number of amides is 1. The van der Waals surface area contributed by atoms with E-state index in [2.05, 4.69) is 25.5 Å². The second-order valence-electron chi connectivity index (χ2n) is 7.27. The van der Waals surface area contributed by atoms with E-state index >= 15 is 0 Å². The summed E-state index contributed by atoms with van der Waals surface area (Å²) in [5, 5.41) is 12.1. The number of hydrogen-bond acceptors (Lipinski definition) is 7. The van der Waals surface area contributed by atoms with Gasteiger partial charge < -0.3 is 14.7 Å². The Hall–Kier alpha value is -2.94. The first-order valence-electron chi connectivity index (χ1n) is 10.0. The predicted octanol–water partition coefficient (Wildman–Crippen LogP) is 3.14. The molecule has 0 radical (unpaired) electrons. The van der Waals surface area contributed by atoms with Gasteiger partial charge in [0.05, 0.1) is 0 Å². The number of thioether (sulfide) groups is 1. The van der Waals surface area contributed by atoms with Gasteiger partial charge in [-0.2, -0.15) is 0 Å². The maximum Gasteiger partial charge on any atom is 0.251 e. The molecule has 0 atom stereocenters. The van der Waals surface area contributed by atoms with Gasteiger partial charge in [-0.3, -0.25) is 9.59 Å². The van der Waals surface area contributed by atoms with Crippen molar-refractivity contribution in [2.45, 2.75) is 49.2 Å². The topological polar surface area (TPSA) is 114 Å². The Morgan fingerprint density at radius 2 is 1.93 bits per heavy atom. The van der Waals surface area contributed by atoms with E-state index in [9.17, 15) is 9.59 Å². The fourth-order valence-electron chi connectivity index (χ4n) is 3.55. The summed E-state index contributed by atoms with van der Waals surface area (Å²) < 4.78 is 5.89. The van der Waals surface area contributed by atoms with Gasteiger partial charge in [-0.15, -0.1) is 10.2 Å². The van der Waals surface area contributed by atoms with E-state index in [4.69, 9.17) is 4.42 Å². The van der Waals surface area contributed by atoms with Crippen LogP contribution in [0.5, 0.6) is 0 Å². The number of aromatic amines is 1. The van der Waals surface area contributed by atoms with E-state index in [1.807, 2.05) is 30.3 Å². The predicted molar refractivity (Wildman–Crippen MR) is 113 cm³/mol. The zero-order valence-corrected chi connectivity index (χ0v) is 17.2. The van der Waals surface area contributed by atoms with Crippen LogP contribution in [-0.2, 0) is 4.79 Å². The van der Waals surface area contributed by atoms with Crippen LogP contribution in [0.25, 0.3) is 11.5 Å². The monoisotopic (exact) mass is 425 g/mol. The van der Waals surface area contributed by atoms with Gasteiger partial charge in [-0.25, -0.2) is 4.98 Å². The third-order valence-electron chi connectivity index (χ3n) is 5.12. The lowest BCUT2D eigenvalue weighted by Gasteiger charge is -2.27. The van der Waals surface area contributed by atoms with Crippen molar-refractivity contribution in [1.29, 1.82) is 0 Å². The Morgan fingerprint density at radius 3 is 2.70 bits per heavy atom. The normalized spacial score (nSPS) is 18.8. The molecule has 2 heterocycles. The average molecular weight is 426 g/mol. The zero-order valence-electron chi connectivity index (χ0n) is 16.4. The Kier molecular flexibility index (Phi) is 6.58. The van der Waals surface area contributed by atoms with Gasteiger partial charge in [-0.05, 0) is 37.8 Å². The molecule has 0 unspecified atom stereocenters. The van der Waals surface area contributed by atoms with Gasteiger partial charge in [0.15, 0.2) is 5.16 Å². The molecular formula is C21H23N5O3S. The van der Waals surface area contributed by atoms with Crippen molar-refractivity contribution in [2.24, 2.45) is 0 Å². The van der Waals surface area contributed by atoms with Gasteiger partial charge in [0.1, 0.15) is 0 Å². The molecule has 1 aliphatic carbocycles. The number of hydrogen-bond donors (Lipinski definition) is 2. The smallest absolute Gasteiger partial charge is 0.251 e.